The number of hydrogen-bond acceptors (Lipinski definition) is 5. The SMILES string of the molecule is CC(CS(C)(=O)=O)NC(=O)c1cncc(O)c1. The van der Waals surface area contributed by atoms with Gasteiger partial charge in [-0.25, -0.2) is 8.42 Å². The van der Waals surface area contributed by atoms with Gasteiger partial charge in [0.1, 0.15) is 15.6 Å². The molecule has 17 heavy (non-hydrogen) atoms. The standard InChI is InChI=1S/C10H14N2O4S/c1-7(6-17(2,15)16)12-10(14)8-3-9(13)5-11-4-8/h3-5,7,13H,6H2,1-2H3,(H,12,14). The first-order valence-electron chi connectivity index (χ1n) is 4.90. The molecule has 0 radical (unpaired) electrons. The fraction of sp³-hybridized carbons (Fsp3) is 0.400. The molecule has 1 atom stereocenters. The number of nitrogens with one attached hydrogen (secondary N) is 1. The fourth-order valence-corrected chi connectivity index (χ4v) is 2.35. The lowest BCUT2D eigenvalue weighted by molar-refractivity contribution is 0.0943. The second-order valence-electron chi connectivity index (χ2n) is 3.90. The Labute approximate surface area is 99.6 Å². The van der Waals surface area contributed by atoms with Crippen LogP contribution in [-0.2, 0) is 9.84 Å². The number of carbonyl (C=O) groups excluding carboxylic acids is 1. The average molecular weight is 258 g/mol. The molecule has 0 saturated carbocycles. The van der Waals surface area contributed by atoms with E-state index >= 15 is 0 Å². The Kier molecular flexibility index (Phi) is 4.06. The third kappa shape index (κ3) is 4.81. The molecular formula is C10H14N2O4S. The van der Waals surface area contributed by atoms with Crippen molar-refractivity contribution in [3.63, 3.8) is 0 Å². The van der Waals surface area contributed by atoms with E-state index in [1.165, 1.54) is 18.5 Å². The van der Waals surface area contributed by atoms with Crippen LogP contribution < -0.4 is 5.32 Å². The lowest BCUT2D eigenvalue weighted by atomic mass is 10.2. The second kappa shape index (κ2) is 5.13. The van der Waals surface area contributed by atoms with E-state index in [1.807, 2.05) is 0 Å². The molecule has 0 aromatic carbocycles. The van der Waals surface area contributed by atoms with E-state index in [0.717, 1.165) is 6.26 Å². The van der Waals surface area contributed by atoms with Gasteiger partial charge in [-0.05, 0) is 13.0 Å². The zero-order chi connectivity index (χ0) is 13.1. The van der Waals surface area contributed by atoms with Crippen LogP contribution in [-0.4, -0.2) is 42.5 Å². The molecule has 7 heteroatoms. The predicted octanol–water partition coefficient (Wildman–Crippen LogP) is -0.0499. The van der Waals surface area contributed by atoms with Gasteiger partial charge in [0.2, 0.25) is 0 Å². The molecule has 1 heterocycles. The molecule has 0 fully saturated rings. The third-order valence-electron chi connectivity index (χ3n) is 1.92. The number of nitrogens with zero attached hydrogens (tertiary/aromatic N) is 1. The van der Waals surface area contributed by atoms with Crippen LogP contribution in [0, 0.1) is 0 Å². The molecule has 0 bridgehead atoms. The van der Waals surface area contributed by atoms with E-state index in [-0.39, 0.29) is 17.1 Å². The Morgan fingerprint density at radius 1 is 1.53 bits per heavy atom. The minimum Gasteiger partial charge on any atom is -0.506 e. The van der Waals surface area contributed by atoms with E-state index in [1.54, 1.807) is 6.92 Å². The molecule has 1 aromatic heterocycles. The highest BCUT2D eigenvalue weighted by Crippen LogP contribution is 2.08. The lowest BCUT2D eigenvalue weighted by Crippen LogP contribution is -2.37. The van der Waals surface area contributed by atoms with Crippen molar-refractivity contribution in [3.05, 3.63) is 24.0 Å². The first kappa shape index (κ1) is 13.4. The van der Waals surface area contributed by atoms with Crippen LogP contribution in [0.5, 0.6) is 5.75 Å². The van der Waals surface area contributed by atoms with Gasteiger partial charge in [-0.15, -0.1) is 0 Å². The van der Waals surface area contributed by atoms with Crippen molar-refractivity contribution in [2.45, 2.75) is 13.0 Å². The van der Waals surface area contributed by atoms with Crippen LogP contribution in [0.4, 0.5) is 0 Å². The maximum atomic E-state index is 11.6. The summed E-state index contributed by atoms with van der Waals surface area (Å²) in [4.78, 5) is 15.3. The molecule has 1 amide bonds. The van der Waals surface area contributed by atoms with Gasteiger partial charge in [0.25, 0.3) is 5.91 Å². The first-order chi connectivity index (χ1) is 7.78. The number of pyridine rings is 1. The summed E-state index contributed by atoms with van der Waals surface area (Å²) in [7, 11) is -3.14. The van der Waals surface area contributed by atoms with E-state index < -0.39 is 21.8 Å². The van der Waals surface area contributed by atoms with Crippen molar-refractivity contribution < 1.29 is 18.3 Å². The molecular weight excluding hydrogens is 244 g/mol. The van der Waals surface area contributed by atoms with Crippen molar-refractivity contribution >= 4 is 15.7 Å². The van der Waals surface area contributed by atoms with Crippen molar-refractivity contribution in [3.8, 4) is 5.75 Å². The quantitative estimate of drug-likeness (QED) is 0.789. The molecule has 0 aliphatic rings. The molecule has 94 valence electrons. The number of hydrogen-bond donors (Lipinski definition) is 2. The van der Waals surface area contributed by atoms with Gasteiger partial charge < -0.3 is 10.4 Å². The highest BCUT2D eigenvalue weighted by molar-refractivity contribution is 7.90. The summed E-state index contributed by atoms with van der Waals surface area (Å²) in [5, 5.41) is 11.7. The van der Waals surface area contributed by atoms with Gasteiger partial charge in [0, 0.05) is 18.5 Å². The van der Waals surface area contributed by atoms with Gasteiger partial charge in [0.15, 0.2) is 0 Å². The minimum absolute atomic E-state index is 0.117. The molecule has 1 unspecified atom stereocenters. The van der Waals surface area contributed by atoms with Gasteiger partial charge in [-0.1, -0.05) is 0 Å². The monoisotopic (exact) mass is 258 g/mol. The Hall–Kier alpha value is -1.63. The minimum atomic E-state index is -3.14. The molecule has 6 nitrogen and oxygen atoms in total. The van der Waals surface area contributed by atoms with Crippen molar-refractivity contribution in [1.29, 1.82) is 0 Å². The van der Waals surface area contributed by atoms with Crippen LogP contribution in [0.3, 0.4) is 0 Å². The van der Waals surface area contributed by atoms with Gasteiger partial charge in [-0.3, -0.25) is 9.78 Å². The van der Waals surface area contributed by atoms with Crippen molar-refractivity contribution in [2.24, 2.45) is 0 Å². The lowest BCUT2D eigenvalue weighted by Gasteiger charge is -2.12. The topological polar surface area (TPSA) is 96.4 Å². The average Bonchev–Trinajstić information content (AvgIpc) is 2.14. The van der Waals surface area contributed by atoms with Crippen LogP contribution >= 0.6 is 0 Å². The highest BCUT2D eigenvalue weighted by atomic mass is 32.2. The third-order valence-corrected chi connectivity index (χ3v) is 3.02. The molecule has 0 aliphatic carbocycles. The zero-order valence-electron chi connectivity index (χ0n) is 9.54. The van der Waals surface area contributed by atoms with Crippen molar-refractivity contribution in [1.82, 2.24) is 10.3 Å². The number of rotatable bonds is 4. The van der Waals surface area contributed by atoms with Crippen LogP contribution in [0.1, 0.15) is 17.3 Å². The van der Waals surface area contributed by atoms with Crippen molar-refractivity contribution in [2.75, 3.05) is 12.0 Å². The maximum absolute atomic E-state index is 11.6. The van der Waals surface area contributed by atoms with E-state index in [0.29, 0.717) is 0 Å². The van der Waals surface area contributed by atoms with Crippen LogP contribution in [0.2, 0.25) is 0 Å². The van der Waals surface area contributed by atoms with E-state index in [2.05, 4.69) is 10.3 Å². The number of carbonyl (C=O) groups is 1. The van der Waals surface area contributed by atoms with Crippen LogP contribution in [0.15, 0.2) is 18.5 Å². The fourth-order valence-electron chi connectivity index (χ4n) is 1.35. The number of sulfone groups is 1. The summed E-state index contributed by atoms with van der Waals surface area (Å²) in [5.41, 5.74) is 0.186. The summed E-state index contributed by atoms with van der Waals surface area (Å²) < 4.78 is 22.0. The summed E-state index contributed by atoms with van der Waals surface area (Å²) >= 11 is 0. The number of aromatic nitrogens is 1. The van der Waals surface area contributed by atoms with Crippen LogP contribution in [0.25, 0.3) is 0 Å². The Bertz CT molecular complexity index is 513. The van der Waals surface area contributed by atoms with E-state index in [9.17, 15) is 13.2 Å². The van der Waals surface area contributed by atoms with Gasteiger partial charge >= 0.3 is 0 Å². The number of amides is 1. The summed E-state index contributed by atoms with van der Waals surface area (Å²) in [6.45, 7) is 1.59. The Morgan fingerprint density at radius 3 is 2.71 bits per heavy atom. The second-order valence-corrected chi connectivity index (χ2v) is 6.08. The summed E-state index contributed by atoms with van der Waals surface area (Å²) in [6.07, 6.45) is 3.60. The highest BCUT2D eigenvalue weighted by Gasteiger charge is 2.14. The van der Waals surface area contributed by atoms with Gasteiger partial charge in [0.05, 0.1) is 17.5 Å². The summed E-state index contributed by atoms with van der Waals surface area (Å²) in [5.74, 6) is -0.719. The number of aromatic hydroxyl groups is 1. The normalized spacial score (nSPS) is 13.1. The zero-order valence-corrected chi connectivity index (χ0v) is 10.4. The molecule has 0 saturated heterocycles. The largest absolute Gasteiger partial charge is 0.506 e. The van der Waals surface area contributed by atoms with E-state index in [4.69, 9.17) is 5.11 Å². The maximum Gasteiger partial charge on any atom is 0.253 e. The molecule has 2 N–H and O–H groups in total. The molecule has 1 rings (SSSR count). The Morgan fingerprint density at radius 2 is 2.18 bits per heavy atom. The molecule has 0 aliphatic heterocycles. The first-order valence-corrected chi connectivity index (χ1v) is 6.96. The predicted molar refractivity (Wildman–Crippen MR) is 62.5 cm³/mol. The Balaban J connectivity index is 2.67. The summed E-state index contributed by atoms with van der Waals surface area (Å²) in [6, 6.07) is 0.759. The molecule has 1 aromatic rings. The smallest absolute Gasteiger partial charge is 0.253 e. The van der Waals surface area contributed by atoms with Gasteiger partial charge in [-0.2, -0.15) is 0 Å². The molecule has 0 spiro atoms.